The second kappa shape index (κ2) is 7.39. The van der Waals surface area contributed by atoms with Crippen LogP contribution in [0.2, 0.25) is 0 Å². The van der Waals surface area contributed by atoms with Crippen molar-refractivity contribution in [3.8, 4) is 0 Å². The van der Waals surface area contributed by atoms with E-state index < -0.39 is 15.5 Å². The van der Waals surface area contributed by atoms with Crippen LogP contribution in [0.5, 0.6) is 0 Å². The van der Waals surface area contributed by atoms with Crippen molar-refractivity contribution in [2.75, 3.05) is 13.2 Å². The van der Waals surface area contributed by atoms with Crippen LogP contribution in [0.3, 0.4) is 0 Å². The van der Waals surface area contributed by atoms with E-state index in [-0.39, 0.29) is 0 Å². The molecule has 0 aliphatic carbocycles. The molecular formula is C10H18F3N3O2S. The number of alkyl halides is 3. The van der Waals surface area contributed by atoms with Crippen LogP contribution in [0.15, 0.2) is 25.2 Å². The molecule has 112 valence electrons. The van der Waals surface area contributed by atoms with Crippen molar-refractivity contribution >= 4 is 10.0 Å². The Hall–Kier alpha value is -1.22. The second-order valence-electron chi connectivity index (χ2n) is 3.79. The average molecular weight is 301 g/mol. The lowest BCUT2D eigenvalue weighted by Crippen LogP contribution is -2.30. The first-order valence-electron chi connectivity index (χ1n) is 5.51. The zero-order valence-electron chi connectivity index (χ0n) is 10.6. The van der Waals surface area contributed by atoms with Gasteiger partial charge in [-0.05, 0) is 12.6 Å². The molecule has 0 bridgehead atoms. The molecule has 0 aromatic rings. The van der Waals surface area contributed by atoms with E-state index in [9.17, 15) is 21.6 Å². The zero-order chi connectivity index (χ0) is 15.1. The van der Waals surface area contributed by atoms with E-state index in [4.69, 9.17) is 0 Å². The van der Waals surface area contributed by atoms with Gasteiger partial charge in [-0.25, -0.2) is 13.6 Å². The van der Waals surface area contributed by atoms with Gasteiger partial charge >= 0.3 is 15.5 Å². The maximum atomic E-state index is 10.8. The van der Waals surface area contributed by atoms with Gasteiger partial charge in [-0.15, -0.1) is 0 Å². The van der Waals surface area contributed by atoms with Gasteiger partial charge in [-0.1, -0.05) is 19.9 Å². The number of halogens is 3. The number of hydrogen-bond acceptors (Lipinski definition) is 4. The van der Waals surface area contributed by atoms with Crippen LogP contribution in [0, 0.1) is 0 Å². The van der Waals surface area contributed by atoms with Crippen LogP contribution < -0.4 is 5.14 Å². The summed E-state index contributed by atoms with van der Waals surface area (Å²) in [5, 5.41) is 3.66. The molecule has 0 aromatic carbocycles. The molecule has 1 rings (SSSR count). The molecule has 0 aromatic heterocycles. The highest BCUT2D eigenvalue weighted by Gasteiger charge is 2.42. The maximum absolute atomic E-state index is 10.8. The second-order valence-corrected chi connectivity index (χ2v) is 5.35. The summed E-state index contributed by atoms with van der Waals surface area (Å²) in [5.74, 6) is 0. The van der Waals surface area contributed by atoms with Gasteiger partial charge in [0.05, 0.1) is 6.67 Å². The summed E-state index contributed by atoms with van der Waals surface area (Å²) < 4.78 is 51.2. The van der Waals surface area contributed by atoms with Crippen molar-refractivity contribution < 1.29 is 21.6 Å². The van der Waals surface area contributed by atoms with Gasteiger partial charge < -0.3 is 9.80 Å². The third-order valence-electron chi connectivity index (χ3n) is 2.17. The molecule has 0 amide bonds. The molecule has 0 unspecified atom stereocenters. The van der Waals surface area contributed by atoms with E-state index in [0.717, 1.165) is 13.2 Å². The molecule has 0 atom stereocenters. The van der Waals surface area contributed by atoms with Crippen molar-refractivity contribution in [2.45, 2.75) is 25.3 Å². The fraction of sp³-hybridized carbons (Fsp3) is 0.600. The molecular weight excluding hydrogens is 283 g/mol. The lowest BCUT2D eigenvalue weighted by molar-refractivity contribution is -0.0436. The van der Waals surface area contributed by atoms with Gasteiger partial charge in [-0.2, -0.15) is 13.2 Å². The molecule has 0 radical (unpaired) electrons. The van der Waals surface area contributed by atoms with Crippen molar-refractivity contribution in [3.63, 3.8) is 0 Å². The first-order chi connectivity index (χ1) is 8.61. The van der Waals surface area contributed by atoms with E-state index in [1.165, 1.54) is 12.8 Å². The van der Waals surface area contributed by atoms with Gasteiger partial charge in [-0.3, -0.25) is 0 Å². The SMILES string of the molecule is C=CN1C=CN(CCCC)C1.NS(=O)(=O)C(F)(F)F. The zero-order valence-corrected chi connectivity index (χ0v) is 11.4. The quantitative estimate of drug-likeness (QED) is 0.859. The molecule has 1 aliphatic heterocycles. The summed E-state index contributed by atoms with van der Waals surface area (Å²) in [6, 6.07) is 0. The fourth-order valence-corrected chi connectivity index (χ4v) is 1.11. The van der Waals surface area contributed by atoms with Crippen molar-refractivity contribution in [3.05, 3.63) is 25.2 Å². The summed E-state index contributed by atoms with van der Waals surface area (Å²) in [6.07, 6.45) is 8.57. The molecule has 19 heavy (non-hydrogen) atoms. The standard InChI is InChI=1S/C9H16N2.CH2F3NO2S/c1-3-5-6-11-8-7-10(4-2)9-11;2-1(3,4)8(5,6)7/h4,7-8H,2-3,5-6,9H2,1H3;(H2,5,6,7). The first kappa shape index (κ1) is 17.8. The first-order valence-corrected chi connectivity index (χ1v) is 7.06. The number of nitrogens with zero attached hydrogens (tertiary/aromatic N) is 2. The number of primary sulfonamides is 1. The van der Waals surface area contributed by atoms with Gasteiger partial charge in [0.15, 0.2) is 0 Å². The third kappa shape index (κ3) is 7.06. The predicted molar refractivity (Wildman–Crippen MR) is 66.8 cm³/mol. The summed E-state index contributed by atoms with van der Waals surface area (Å²) in [4.78, 5) is 4.38. The van der Waals surface area contributed by atoms with E-state index in [0.29, 0.717) is 0 Å². The highest BCUT2D eigenvalue weighted by Crippen LogP contribution is 2.18. The van der Waals surface area contributed by atoms with Gasteiger partial charge in [0.2, 0.25) is 0 Å². The molecule has 9 heteroatoms. The third-order valence-corrected chi connectivity index (χ3v) is 2.82. The van der Waals surface area contributed by atoms with Crippen LogP contribution in [0.25, 0.3) is 0 Å². The normalized spacial score (nSPS) is 15.2. The minimum Gasteiger partial charge on any atom is -0.358 e. The Bertz CT molecular complexity index is 407. The fourth-order valence-electron chi connectivity index (χ4n) is 1.11. The smallest absolute Gasteiger partial charge is 0.358 e. The molecule has 5 nitrogen and oxygen atoms in total. The number of nitrogens with two attached hydrogens (primary N) is 1. The highest BCUT2D eigenvalue weighted by molar-refractivity contribution is 7.90. The Morgan fingerprint density at radius 1 is 1.42 bits per heavy atom. The largest absolute Gasteiger partial charge is 0.511 e. The van der Waals surface area contributed by atoms with E-state index in [2.05, 4.69) is 40.8 Å². The van der Waals surface area contributed by atoms with Crippen molar-refractivity contribution in [1.29, 1.82) is 0 Å². The highest BCUT2D eigenvalue weighted by atomic mass is 32.2. The molecule has 1 heterocycles. The number of hydrogen-bond donors (Lipinski definition) is 1. The van der Waals surface area contributed by atoms with E-state index in [1.54, 1.807) is 0 Å². The van der Waals surface area contributed by atoms with Gasteiger partial charge in [0, 0.05) is 18.9 Å². The summed E-state index contributed by atoms with van der Waals surface area (Å²) in [6.45, 7) is 8.06. The maximum Gasteiger partial charge on any atom is 0.511 e. The number of rotatable bonds is 4. The molecule has 0 fully saturated rings. The lowest BCUT2D eigenvalue weighted by Gasteiger charge is -2.17. The number of unbranched alkanes of at least 4 members (excludes halogenated alkanes) is 1. The Morgan fingerprint density at radius 3 is 2.26 bits per heavy atom. The molecule has 0 saturated carbocycles. The predicted octanol–water partition coefficient (Wildman–Crippen LogP) is 1.77. The van der Waals surface area contributed by atoms with Crippen LogP contribution in [0.4, 0.5) is 13.2 Å². The van der Waals surface area contributed by atoms with Crippen LogP contribution in [-0.2, 0) is 10.0 Å². The average Bonchev–Trinajstić information content (AvgIpc) is 2.72. The topological polar surface area (TPSA) is 66.6 Å². The number of sulfonamides is 1. The molecule has 0 saturated heterocycles. The minimum absolute atomic E-state index is 0.976. The van der Waals surface area contributed by atoms with Crippen LogP contribution in [-0.4, -0.2) is 36.9 Å². The van der Waals surface area contributed by atoms with Crippen molar-refractivity contribution in [1.82, 2.24) is 9.80 Å². The Labute approximate surface area is 111 Å². The monoisotopic (exact) mass is 301 g/mol. The van der Waals surface area contributed by atoms with E-state index >= 15 is 0 Å². The summed E-state index contributed by atoms with van der Waals surface area (Å²) in [7, 11) is -5.34. The van der Waals surface area contributed by atoms with Gasteiger partial charge in [0.25, 0.3) is 0 Å². The Kier molecular flexibility index (Phi) is 6.91. The van der Waals surface area contributed by atoms with Gasteiger partial charge in [0.1, 0.15) is 0 Å². The summed E-state index contributed by atoms with van der Waals surface area (Å²) in [5.41, 5.74) is -5.31. The molecule has 0 spiro atoms. The Balaban J connectivity index is 0.000000362. The lowest BCUT2D eigenvalue weighted by atomic mass is 10.3. The molecule has 1 aliphatic rings. The van der Waals surface area contributed by atoms with Crippen LogP contribution >= 0.6 is 0 Å². The van der Waals surface area contributed by atoms with E-state index in [1.807, 2.05) is 6.20 Å². The van der Waals surface area contributed by atoms with Crippen molar-refractivity contribution in [2.24, 2.45) is 5.14 Å². The minimum atomic E-state index is -5.34. The molecule has 2 N–H and O–H groups in total. The summed E-state index contributed by atoms with van der Waals surface area (Å²) >= 11 is 0. The van der Waals surface area contributed by atoms with Crippen LogP contribution in [0.1, 0.15) is 19.8 Å². The Morgan fingerprint density at radius 2 is 1.95 bits per heavy atom.